The van der Waals surface area contributed by atoms with Crippen molar-refractivity contribution in [3.63, 3.8) is 0 Å². The third-order valence-corrected chi connectivity index (χ3v) is 5.56. The molecule has 0 unspecified atom stereocenters. The standard InChI is InChI=1S/C21H24N4O5S/c1-5-30-21-13-20(22-14(2)23-21)24-15-6-8-16(9-7-15)25-31(26,27)17-10-11-18(28-3)19(12-17)29-4/h6-13,25H,5H2,1-4H3,(H,22,23,24). The van der Waals surface area contributed by atoms with Crippen LogP contribution >= 0.6 is 0 Å². The fraction of sp³-hybridized carbons (Fsp3) is 0.238. The van der Waals surface area contributed by atoms with E-state index in [9.17, 15) is 8.42 Å². The molecule has 31 heavy (non-hydrogen) atoms. The number of sulfonamides is 1. The Morgan fingerprint density at radius 2 is 1.58 bits per heavy atom. The predicted octanol–water partition coefficient (Wildman–Crippen LogP) is 3.75. The van der Waals surface area contributed by atoms with Gasteiger partial charge in [0, 0.05) is 23.5 Å². The second-order valence-corrected chi connectivity index (χ2v) is 8.08. The van der Waals surface area contributed by atoms with E-state index in [1.165, 1.54) is 26.4 Å². The smallest absolute Gasteiger partial charge is 0.262 e. The summed E-state index contributed by atoms with van der Waals surface area (Å²) in [5.41, 5.74) is 1.14. The van der Waals surface area contributed by atoms with E-state index >= 15 is 0 Å². The number of hydrogen-bond donors (Lipinski definition) is 2. The molecule has 2 aromatic carbocycles. The maximum absolute atomic E-state index is 12.7. The summed E-state index contributed by atoms with van der Waals surface area (Å²) in [7, 11) is -0.869. The Morgan fingerprint density at radius 3 is 2.23 bits per heavy atom. The number of anilines is 3. The van der Waals surface area contributed by atoms with Crippen molar-refractivity contribution in [2.75, 3.05) is 30.9 Å². The highest BCUT2D eigenvalue weighted by molar-refractivity contribution is 7.92. The number of aromatic nitrogens is 2. The maximum Gasteiger partial charge on any atom is 0.262 e. The number of rotatable bonds is 9. The molecule has 0 aliphatic rings. The van der Waals surface area contributed by atoms with Crippen molar-refractivity contribution >= 4 is 27.2 Å². The lowest BCUT2D eigenvalue weighted by atomic mass is 10.3. The summed E-state index contributed by atoms with van der Waals surface area (Å²) >= 11 is 0. The monoisotopic (exact) mass is 444 g/mol. The molecule has 3 aromatic rings. The van der Waals surface area contributed by atoms with Crippen molar-refractivity contribution in [3.8, 4) is 17.4 Å². The summed E-state index contributed by atoms with van der Waals surface area (Å²) in [6.07, 6.45) is 0. The van der Waals surface area contributed by atoms with Crippen molar-refractivity contribution in [1.29, 1.82) is 0 Å². The van der Waals surface area contributed by atoms with Gasteiger partial charge in [0.2, 0.25) is 5.88 Å². The average molecular weight is 445 g/mol. The Morgan fingerprint density at radius 1 is 0.903 bits per heavy atom. The topological polar surface area (TPSA) is 112 Å². The summed E-state index contributed by atoms with van der Waals surface area (Å²) in [5.74, 6) is 2.42. The minimum atomic E-state index is -3.80. The lowest BCUT2D eigenvalue weighted by molar-refractivity contribution is 0.325. The maximum atomic E-state index is 12.7. The third-order valence-electron chi connectivity index (χ3n) is 4.18. The van der Waals surface area contributed by atoms with E-state index in [2.05, 4.69) is 20.0 Å². The van der Waals surface area contributed by atoms with Crippen LogP contribution in [-0.2, 0) is 10.0 Å². The first-order valence-corrected chi connectivity index (χ1v) is 10.9. The highest BCUT2D eigenvalue weighted by Crippen LogP contribution is 2.30. The SMILES string of the molecule is CCOc1cc(Nc2ccc(NS(=O)(=O)c3ccc(OC)c(OC)c3)cc2)nc(C)n1. The zero-order chi connectivity index (χ0) is 22.4. The molecule has 0 atom stereocenters. The van der Waals surface area contributed by atoms with Crippen LogP contribution in [-0.4, -0.2) is 39.2 Å². The van der Waals surface area contributed by atoms with E-state index in [0.29, 0.717) is 41.3 Å². The Hall–Kier alpha value is -3.53. The van der Waals surface area contributed by atoms with Crippen LogP contribution in [0.15, 0.2) is 53.4 Å². The molecule has 0 saturated heterocycles. The first-order valence-electron chi connectivity index (χ1n) is 9.45. The van der Waals surface area contributed by atoms with E-state index in [1.54, 1.807) is 43.3 Å². The molecule has 0 spiro atoms. The predicted molar refractivity (Wildman–Crippen MR) is 118 cm³/mol. The molecule has 0 amide bonds. The van der Waals surface area contributed by atoms with Crippen molar-refractivity contribution in [1.82, 2.24) is 9.97 Å². The second kappa shape index (κ2) is 9.52. The first kappa shape index (κ1) is 22.2. The molecule has 1 heterocycles. The van der Waals surface area contributed by atoms with Gasteiger partial charge in [0.1, 0.15) is 11.6 Å². The molecule has 10 heteroatoms. The average Bonchev–Trinajstić information content (AvgIpc) is 2.74. The number of aryl methyl sites for hydroxylation is 1. The minimum absolute atomic E-state index is 0.0623. The van der Waals surface area contributed by atoms with Gasteiger partial charge in [0.25, 0.3) is 10.0 Å². The Labute approximate surface area is 181 Å². The van der Waals surface area contributed by atoms with Crippen LogP contribution in [0.4, 0.5) is 17.2 Å². The highest BCUT2D eigenvalue weighted by Gasteiger charge is 2.17. The van der Waals surface area contributed by atoms with Gasteiger partial charge in [-0.05, 0) is 50.2 Å². The van der Waals surface area contributed by atoms with E-state index in [1.807, 2.05) is 6.92 Å². The van der Waals surface area contributed by atoms with Gasteiger partial charge in [-0.25, -0.2) is 13.4 Å². The summed E-state index contributed by atoms with van der Waals surface area (Å²) < 4.78 is 43.8. The van der Waals surface area contributed by atoms with E-state index < -0.39 is 10.0 Å². The summed E-state index contributed by atoms with van der Waals surface area (Å²) in [5, 5.41) is 3.15. The number of nitrogens with zero attached hydrogens (tertiary/aromatic N) is 2. The molecule has 0 bridgehead atoms. The number of ether oxygens (including phenoxy) is 3. The van der Waals surface area contributed by atoms with Crippen LogP contribution in [0.2, 0.25) is 0 Å². The molecule has 9 nitrogen and oxygen atoms in total. The van der Waals surface area contributed by atoms with Gasteiger partial charge in [-0.3, -0.25) is 4.72 Å². The van der Waals surface area contributed by atoms with Gasteiger partial charge in [-0.1, -0.05) is 0 Å². The molecular formula is C21H24N4O5S. The summed E-state index contributed by atoms with van der Waals surface area (Å²) in [6.45, 7) is 4.16. The first-order chi connectivity index (χ1) is 14.8. The zero-order valence-corrected chi connectivity index (χ0v) is 18.5. The normalized spacial score (nSPS) is 11.0. The van der Waals surface area contributed by atoms with Crippen LogP contribution in [0.3, 0.4) is 0 Å². The molecule has 164 valence electrons. The molecule has 0 aliphatic carbocycles. The minimum Gasteiger partial charge on any atom is -0.493 e. The lowest BCUT2D eigenvalue weighted by Gasteiger charge is -2.12. The van der Waals surface area contributed by atoms with E-state index in [0.717, 1.165) is 5.69 Å². The van der Waals surface area contributed by atoms with E-state index in [-0.39, 0.29) is 4.90 Å². The van der Waals surface area contributed by atoms with Crippen LogP contribution < -0.4 is 24.2 Å². The fourth-order valence-corrected chi connectivity index (χ4v) is 3.87. The lowest BCUT2D eigenvalue weighted by Crippen LogP contribution is -2.13. The van der Waals surface area contributed by atoms with Crippen LogP contribution in [0, 0.1) is 6.92 Å². The van der Waals surface area contributed by atoms with Gasteiger partial charge < -0.3 is 19.5 Å². The highest BCUT2D eigenvalue weighted by atomic mass is 32.2. The van der Waals surface area contributed by atoms with Gasteiger partial charge in [0.05, 0.1) is 25.7 Å². The number of benzene rings is 2. The molecule has 0 fully saturated rings. The van der Waals surface area contributed by atoms with E-state index in [4.69, 9.17) is 14.2 Å². The van der Waals surface area contributed by atoms with Crippen molar-refractivity contribution in [2.24, 2.45) is 0 Å². The molecule has 0 aliphatic heterocycles. The molecule has 0 radical (unpaired) electrons. The van der Waals surface area contributed by atoms with Crippen molar-refractivity contribution in [3.05, 3.63) is 54.4 Å². The largest absolute Gasteiger partial charge is 0.493 e. The fourth-order valence-electron chi connectivity index (χ4n) is 2.79. The van der Waals surface area contributed by atoms with Gasteiger partial charge in [0.15, 0.2) is 11.5 Å². The van der Waals surface area contributed by atoms with Gasteiger partial charge in [-0.15, -0.1) is 0 Å². The molecule has 1 aromatic heterocycles. The summed E-state index contributed by atoms with van der Waals surface area (Å²) in [6, 6.07) is 12.9. The van der Waals surface area contributed by atoms with Crippen LogP contribution in [0.25, 0.3) is 0 Å². The quantitative estimate of drug-likeness (QED) is 0.513. The second-order valence-electron chi connectivity index (χ2n) is 6.40. The van der Waals surface area contributed by atoms with Crippen molar-refractivity contribution in [2.45, 2.75) is 18.7 Å². The molecule has 2 N–H and O–H groups in total. The summed E-state index contributed by atoms with van der Waals surface area (Å²) in [4.78, 5) is 8.59. The van der Waals surface area contributed by atoms with Crippen LogP contribution in [0.5, 0.6) is 17.4 Å². The number of nitrogens with one attached hydrogen (secondary N) is 2. The number of hydrogen-bond acceptors (Lipinski definition) is 8. The zero-order valence-electron chi connectivity index (χ0n) is 17.7. The molecule has 0 saturated carbocycles. The van der Waals surface area contributed by atoms with Crippen LogP contribution in [0.1, 0.15) is 12.7 Å². The Balaban J connectivity index is 1.74. The molecule has 3 rings (SSSR count). The van der Waals surface area contributed by atoms with Gasteiger partial charge >= 0.3 is 0 Å². The number of methoxy groups -OCH3 is 2. The Kier molecular flexibility index (Phi) is 6.81. The van der Waals surface area contributed by atoms with Gasteiger partial charge in [-0.2, -0.15) is 4.98 Å². The van der Waals surface area contributed by atoms with Crippen molar-refractivity contribution < 1.29 is 22.6 Å². The molecular weight excluding hydrogens is 420 g/mol. The third kappa shape index (κ3) is 5.54. The Bertz CT molecular complexity index is 1150.